The Labute approximate surface area is 143 Å². The van der Waals surface area contributed by atoms with Crippen molar-refractivity contribution in [2.75, 3.05) is 13.2 Å². The van der Waals surface area contributed by atoms with Crippen LogP contribution in [0.25, 0.3) is 0 Å². The fourth-order valence-electron chi connectivity index (χ4n) is 3.19. The maximum Gasteiger partial charge on any atom is 0.327 e. The molecule has 0 saturated carbocycles. The summed E-state index contributed by atoms with van der Waals surface area (Å²) in [7, 11) is -3.88. The molecule has 0 radical (unpaired) electrons. The fraction of sp³-hybridized carbons (Fsp3) is 0.588. The zero-order chi connectivity index (χ0) is 18.0. The molecule has 1 aromatic rings. The molecule has 2 rings (SSSR count). The molecule has 0 amide bonds. The Morgan fingerprint density at radius 2 is 1.96 bits per heavy atom. The molecule has 0 bridgehead atoms. The molecular formula is C17H25NO5S. The number of esters is 1. The highest BCUT2D eigenvalue weighted by Gasteiger charge is 2.54. The molecule has 0 aromatic heterocycles. The first-order valence-electron chi connectivity index (χ1n) is 8.24. The van der Waals surface area contributed by atoms with Gasteiger partial charge in [0.2, 0.25) is 10.0 Å². The Balaban J connectivity index is 2.43. The number of hydrogen-bond acceptors (Lipinski definition) is 5. The van der Waals surface area contributed by atoms with Crippen molar-refractivity contribution >= 4 is 16.0 Å². The van der Waals surface area contributed by atoms with Gasteiger partial charge in [-0.1, -0.05) is 31.0 Å². The van der Waals surface area contributed by atoms with Crippen molar-refractivity contribution in [2.24, 2.45) is 0 Å². The Hall–Kier alpha value is -1.44. The van der Waals surface area contributed by atoms with Crippen LogP contribution in [-0.4, -0.2) is 48.6 Å². The maximum absolute atomic E-state index is 13.0. The number of hydrogen-bond donors (Lipinski definition) is 1. The summed E-state index contributed by atoms with van der Waals surface area (Å²) < 4.78 is 32.1. The first-order valence-corrected chi connectivity index (χ1v) is 9.68. The average Bonchev–Trinajstić information content (AvgIpc) is 2.86. The molecule has 0 aliphatic carbocycles. The Bertz CT molecular complexity index is 685. The number of rotatable bonds is 6. The first-order chi connectivity index (χ1) is 11.3. The van der Waals surface area contributed by atoms with Crippen LogP contribution in [0.15, 0.2) is 29.2 Å². The van der Waals surface area contributed by atoms with Gasteiger partial charge in [-0.05, 0) is 38.8 Å². The molecule has 1 aromatic carbocycles. The van der Waals surface area contributed by atoms with Crippen molar-refractivity contribution in [1.29, 1.82) is 0 Å². The summed E-state index contributed by atoms with van der Waals surface area (Å²) in [4.78, 5) is 12.5. The second-order valence-electron chi connectivity index (χ2n) is 6.19. The molecule has 1 aliphatic heterocycles. The minimum absolute atomic E-state index is 0.0934. The van der Waals surface area contributed by atoms with Gasteiger partial charge in [0.15, 0.2) is 6.04 Å². The smallest absolute Gasteiger partial charge is 0.327 e. The Morgan fingerprint density at radius 3 is 2.50 bits per heavy atom. The lowest BCUT2D eigenvalue weighted by Gasteiger charge is -2.31. The third kappa shape index (κ3) is 3.48. The standard InChI is InChI=1S/C17H25NO5S/c1-4-10-17(20)11-12-18(15(17)16(19)23-5-2)24(21,22)14-8-6-13(3)7-9-14/h6-9,15,20H,4-5,10-12H2,1-3H3. The third-order valence-electron chi connectivity index (χ3n) is 4.38. The number of nitrogens with zero attached hydrogens (tertiary/aromatic N) is 1. The molecule has 2 unspecified atom stereocenters. The molecule has 1 saturated heterocycles. The van der Waals surface area contributed by atoms with E-state index in [2.05, 4.69) is 0 Å². The summed E-state index contributed by atoms with van der Waals surface area (Å²) in [5.41, 5.74) is -0.446. The molecule has 7 heteroatoms. The van der Waals surface area contributed by atoms with Crippen molar-refractivity contribution < 1.29 is 23.1 Å². The summed E-state index contributed by atoms with van der Waals surface area (Å²) in [6.45, 7) is 5.64. The van der Waals surface area contributed by atoms with Crippen molar-refractivity contribution in [3.63, 3.8) is 0 Å². The van der Waals surface area contributed by atoms with E-state index in [1.165, 1.54) is 12.1 Å². The summed E-state index contributed by atoms with van der Waals surface area (Å²) >= 11 is 0. The summed E-state index contributed by atoms with van der Waals surface area (Å²) in [6.07, 6.45) is 1.20. The number of benzene rings is 1. The summed E-state index contributed by atoms with van der Waals surface area (Å²) in [5, 5.41) is 10.9. The van der Waals surface area contributed by atoms with Gasteiger partial charge >= 0.3 is 5.97 Å². The topological polar surface area (TPSA) is 83.9 Å². The zero-order valence-corrected chi connectivity index (χ0v) is 15.2. The van der Waals surface area contributed by atoms with Gasteiger partial charge in [0, 0.05) is 6.54 Å². The van der Waals surface area contributed by atoms with E-state index in [1.54, 1.807) is 19.1 Å². The zero-order valence-electron chi connectivity index (χ0n) is 14.4. The highest BCUT2D eigenvalue weighted by Crippen LogP contribution is 2.37. The average molecular weight is 355 g/mol. The first kappa shape index (κ1) is 18.9. The monoisotopic (exact) mass is 355 g/mol. The van der Waals surface area contributed by atoms with Crippen LogP contribution in [0.5, 0.6) is 0 Å². The van der Waals surface area contributed by atoms with Crippen LogP contribution < -0.4 is 0 Å². The molecule has 1 heterocycles. The molecule has 2 atom stereocenters. The van der Waals surface area contributed by atoms with Crippen LogP contribution in [0.2, 0.25) is 0 Å². The van der Waals surface area contributed by atoms with E-state index >= 15 is 0 Å². The minimum Gasteiger partial charge on any atom is -0.465 e. The van der Waals surface area contributed by atoms with Crippen LogP contribution in [0.4, 0.5) is 0 Å². The van der Waals surface area contributed by atoms with E-state index < -0.39 is 27.6 Å². The van der Waals surface area contributed by atoms with Crippen molar-refractivity contribution in [3.05, 3.63) is 29.8 Å². The molecule has 24 heavy (non-hydrogen) atoms. The number of ether oxygens (including phenoxy) is 1. The van der Waals surface area contributed by atoms with Crippen LogP contribution in [0.1, 0.15) is 38.7 Å². The van der Waals surface area contributed by atoms with E-state index in [0.29, 0.717) is 12.8 Å². The van der Waals surface area contributed by atoms with E-state index in [4.69, 9.17) is 4.74 Å². The van der Waals surface area contributed by atoms with E-state index in [1.807, 2.05) is 13.8 Å². The lowest BCUT2D eigenvalue weighted by molar-refractivity contribution is -0.154. The minimum atomic E-state index is -3.88. The van der Waals surface area contributed by atoms with Gasteiger partial charge in [-0.15, -0.1) is 0 Å². The molecule has 134 valence electrons. The highest BCUT2D eigenvalue weighted by atomic mass is 32.2. The van der Waals surface area contributed by atoms with Gasteiger partial charge in [-0.25, -0.2) is 8.42 Å². The van der Waals surface area contributed by atoms with Crippen LogP contribution in [0, 0.1) is 6.92 Å². The number of carbonyl (C=O) groups excluding carboxylic acids is 1. The van der Waals surface area contributed by atoms with E-state index in [0.717, 1.165) is 9.87 Å². The number of aryl methyl sites for hydroxylation is 1. The normalized spacial score (nSPS) is 24.9. The molecule has 0 spiro atoms. The molecular weight excluding hydrogens is 330 g/mol. The predicted octanol–water partition coefficient (Wildman–Crippen LogP) is 1.85. The second kappa shape index (κ2) is 7.21. The van der Waals surface area contributed by atoms with Crippen LogP contribution in [-0.2, 0) is 19.6 Å². The van der Waals surface area contributed by atoms with Gasteiger partial charge in [-0.2, -0.15) is 4.31 Å². The molecule has 1 N–H and O–H groups in total. The van der Waals surface area contributed by atoms with Gasteiger partial charge < -0.3 is 9.84 Å². The summed E-state index contributed by atoms with van der Waals surface area (Å²) in [5.74, 6) is -0.693. The van der Waals surface area contributed by atoms with Crippen molar-refractivity contribution in [2.45, 2.75) is 56.6 Å². The molecule has 1 aliphatic rings. The SMILES string of the molecule is CCCC1(O)CCN(S(=O)(=O)c2ccc(C)cc2)C1C(=O)OCC. The largest absolute Gasteiger partial charge is 0.465 e. The summed E-state index contributed by atoms with van der Waals surface area (Å²) in [6, 6.07) is 5.25. The lowest BCUT2D eigenvalue weighted by atomic mass is 9.90. The Kier molecular flexibility index (Phi) is 5.67. The quantitative estimate of drug-likeness (QED) is 0.788. The Morgan fingerprint density at radius 1 is 1.33 bits per heavy atom. The second-order valence-corrected chi connectivity index (χ2v) is 8.08. The van der Waals surface area contributed by atoms with Gasteiger partial charge in [0.05, 0.1) is 17.1 Å². The number of sulfonamides is 1. The number of carbonyl (C=O) groups is 1. The van der Waals surface area contributed by atoms with Gasteiger partial charge in [0.1, 0.15) is 0 Å². The third-order valence-corrected chi connectivity index (χ3v) is 6.26. The highest BCUT2D eigenvalue weighted by molar-refractivity contribution is 7.89. The van der Waals surface area contributed by atoms with Gasteiger partial charge in [-0.3, -0.25) is 4.79 Å². The molecule has 6 nitrogen and oxygen atoms in total. The van der Waals surface area contributed by atoms with E-state index in [9.17, 15) is 18.3 Å². The van der Waals surface area contributed by atoms with E-state index in [-0.39, 0.29) is 24.5 Å². The maximum atomic E-state index is 13.0. The fourth-order valence-corrected chi connectivity index (χ4v) is 4.84. The van der Waals surface area contributed by atoms with Crippen molar-refractivity contribution in [1.82, 2.24) is 4.31 Å². The predicted molar refractivity (Wildman–Crippen MR) is 90.0 cm³/mol. The van der Waals surface area contributed by atoms with Crippen LogP contribution in [0.3, 0.4) is 0 Å². The van der Waals surface area contributed by atoms with Crippen molar-refractivity contribution in [3.8, 4) is 0 Å². The van der Waals surface area contributed by atoms with Crippen LogP contribution >= 0.6 is 0 Å². The number of aliphatic hydroxyl groups is 1. The lowest BCUT2D eigenvalue weighted by Crippen LogP contribution is -2.52. The van der Waals surface area contributed by atoms with Gasteiger partial charge in [0.25, 0.3) is 0 Å². The molecule has 1 fully saturated rings.